The molecule has 0 aliphatic rings. The molecule has 1 aromatic heterocycles. The Balaban J connectivity index is 1.72. The van der Waals surface area contributed by atoms with Crippen LogP contribution in [0.25, 0.3) is 0 Å². The van der Waals surface area contributed by atoms with Gasteiger partial charge in [-0.3, -0.25) is 4.79 Å². The summed E-state index contributed by atoms with van der Waals surface area (Å²) in [6, 6.07) is 17.4. The molecule has 4 heteroatoms. The molecule has 0 aliphatic carbocycles. The highest BCUT2D eigenvalue weighted by Crippen LogP contribution is 2.26. The minimum Gasteiger partial charge on any atom is -0.495 e. The lowest BCUT2D eigenvalue weighted by molar-refractivity contribution is 0.0994. The number of hydrogen-bond donors (Lipinski definition) is 1. The van der Waals surface area contributed by atoms with Gasteiger partial charge in [0.25, 0.3) is 5.91 Å². The van der Waals surface area contributed by atoms with Gasteiger partial charge in [0, 0.05) is 6.42 Å². The summed E-state index contributed by atoms with van der Waals surface area (Å²) in [5, 5.41) is 2.85. The molecule has 128 valence electrons. The van der Waals surface area contributed by atoms with Gasteiger partial charge < -0.3 is 14.5 Å². The van der Waals surface area contributed by atoms with Crippen LogP contribution in [0.4, 0.5) is 5.69 Å². The van der Waals surface area contributed by atoms with E-state index in [1.165, 1.54) is 5.56 Å². The van der Waals surface area contributed by atoms with Gasteiger partial charge in [0.1, 0.15) is 11.5 Å². The quantitative estimate of drug-likeness (QED) is 0.732. The average molecular weight is 335 g/mol. The average Bonchev–Trinajstić information content (AvgIpc) is 3.06. The number of carbonyl (C=O) groups is 1. The van der Waals surface area contributed by atoms with Crippen molar-refractivity contribution in [1.29, 1.82) is 0 Å². The summed E-state index contributed by atoms with van der Waals surface area (Å²) in [6.45, 7) is 4.01. The van der Waals surface area contributed by atoms with Crippen LogP contribution in [-0.2, 0) is 6.42 Å². The van der Waals surface area contributed by atoms with E-state index in [-0.39, 0.29) is 11.7 Å². The van der Waals surface area contributed by atoms with Crippen molar-refractivity contribution >= 4 is 11.6 Å². The third-order valence-corrected chi connectivity index (χ3v) is 3.99. The number of benzene rings is 2. The lowest BCUT2D eigenvalue weighted by Gasteiger charge is -2.10. The predicted octanol–water partition coefficient (Wildman–Crippen LogP) is 4.75. The Morgan fingerprint density at radius 1 is 1.00 bits per heavy atom. The summed E-state index contributed by atoms with van der Waals surface area (Å²) >= 11 is 0. The maximum absolute atomic E-state index is 12.4. The SMILES string of the molecule is COc1ccc(C)cc1NC(=O)c1ccc(Cc2ccc(C)cc2)o1. The Morgan fingerprint density at radius 2 is 1.72 bits per heavy atom. The first-order chi connectivity index (χ1) is 12.0. The molecule has 3 aromatic rings. The summed E-state index contributed by atoms with van der Waals surface area (Å²) in [6.07, 6.45) is 0.654. The number of aryl methyl sites for hydroxylation is 2. The lowest BCUT2D eigenvalue weighted by atomic mass is 10.1. The first-order valence-electron chi connectivity index (χ1n) is 8.15. The van der Waals surface area contributed by atoms with Gasteiger partial charge in [0.2, 0.25) is 0 Å². The first-order valence-corrected chi connectivity index (χ1v) is 8.15. The van der Waals surface area contributed by atoms with E-state index in [1.54, 1.807) is 13.2 Å². The van der Waals surface area contributed by atoms with Gasteiger partial charge in [-0.25, -0.2) is 0 Å². The fourth-order valence-electron chi connectivity index (χ4n) is 2.61. The largest absolute Gasteiger partial charge is 0.495 e. The highest BCUT2D eigenvalue weighted by molar-refractivity contribution is 6.03. The number of nitrogens with one attached hydrogen (secondary N) is 1. The molecule has 3 rings (SSSR count). The molecule has 1 heterocycles. The molecule has 0 spiro atoms. The second-order valence-corrected chi connectivity index (χ2v) is 6.09. The van der Waals surface area contributed by atoms with Crippen LogP contribution in [0.15, 0.2) is 59.0 Å². The molecule has 4 nitrogen and oxygen atoms in total. The van der Waals surface area contributed by atoms with Gasteiger partial charge in [0.05, 0.1) is 12.8 Å². The Bertz CT molecular complexity index is 878. The van der Waals surface area contributed by atoms with Crippen molar-refractivity contribution in [2.75, 3.05) is 12.4 Å². The molecule has 0 radical (unpaired) electrons. The number of rotatable bonds is 5. The number of methoxy groups -OCH3 is 1. The van der Waals surface area contributed by atoms with Crippen molar-refractivity contribution in [3.05, 3.63) is 82.8 Å². The van der Waals surface area contributed by atoms with Gasteiger partial charge >= 0.3 is 0 Å². The fraction of sp³-hybridized carbons (Fsp3) is 0.190. The first kappa shape index (κ1) is 16.8. The number of amides is 1. The fourth-order valence-corrected chi connectivity index (χ4v) is 2.61. The van der Waals surface area contributed by atoms with E-state index >= 15 is 0 Å². The van der Waals surface area contributed by atoms with Crippen molar-refractivity contribution in [3.8, 4) is 5.75 Å². The van der Waals surface area contributed by atoms with Crippen LogP contribution < -0.4 is 10.1 Å². The molecule has 0 saturated heterocycles. The predicted molar refractivity (Wildman–Crippen MR) is 98.4 cm³/mol. The number of furan rings is 1. The molecular weight excluding hydrogens is 314 g/mol. The number of ether oxygens (including phenoxy) is 1. The van der Waals surface area contributed by atoms with Crippen LogP contribution in [0.3, 0.4) is 0 Å². The van der Waals surface area contributed by atoms with E-state index in [9.17, 15) is 4.79 Å². The van der Waals surface area contributed by atoms with Gasteiger partial charge in [0.15, 0.2) is 5.76 Å². The molecule has 25 heavy (non-hydrogen) atoms. The van der Waals surface area contributed by atoms with Crippen LogP contribution in [-0.4, -0.2) is 13.0 Å². The maximum atomic E-state index is 12.4. The van der Waals surface area contributed by atoms with Crippen molar-refractivity contribution in [2.24, 2.45) is 0 Å². The maximum Gasteiger partial charge on any atom is 0.291 e. The van der Waals surface area contributed by atoms with Crippen LogP contribution in [0.2, 0.25) is 0 Å². The number of anilines is 1. The zero-order chi connectivity index (χ0) is 17.8. The third-order valence-electron chi connectivity index (χ3n) is 3.99. The van der Waals surface area contributed by atoms with Crippen molar-refractivity contribution in [2.45, 2.75) is 20.3 Å². The molecule has 0 unspecified atom stereocenters. The topological polar surface area (TPSA) is 51.5 Å². The summed E-state index contributed by atoms with van der Waals surface area (Å²) < 4.78 is 11.0. The van der Waals surface area contributed by atoms with Crippen molar-refractivity contribution < 1.29 is 13.9 Å². The molecule has 1 amide bonds. The second-order valence-electron chi connectivity index (χ2n) is 6.09. The van der Waals surface area contributed by atoms with Gasteiger partial charge in [-0.2, -0.15) is 0 Å². The monoisotopic (exact) mass is 335 g/mol. The van der Waals surface area contributed by atoms with E-state index in [1.807, 2.05) is 31.2 Å². The normalized spacial score (nSPS) is 10.5. The summed E-state index contributed by atoms with van der Waals surface area (Å²) in [4.78, 5) is 12.4. The van der Waals surface area contributed by atoms with Gasteiger partial charge in [-0.15, -0.1) is 0 Å². The summed E-state index contributed by atoms with van der Waals surface area (Å²) in [5.74, 6) is 1.36. The zero-order valence-corrected chi connectivity index (χ0v) is 14.6. The van der Waals surface area contributed by atoms with Crippen LogP contribution in [0.5, 0.6) is 5.75 Å². The third kappa shape index (κ3) is 4.10. The minimum absolute atomic E-state index is 0.283. The van der Waals surface area contributed by atoms with E-state index < -0.39 is 0 Å². The molecule has 0 fully saturated rings. The Hall–Kier alpha value is -3.01. The Kier molecular flexibility index (Phi) is 4.89. The Morgan fingerprint density at radius 3 is 2.44 bits per heavy atom. The number of hydrogen-bond acceptors (Lipinski definition) is 3. The zero-order valence-electron chi connectivity index (χ0n) is 14.6. The molecule has 0 bridgehead atoms. The molecule has 1 N–H and O–H groups in total. The summed E-state index contributed by atoms with van der Waals surface area (Å²) in [5.41, 5.74) is 4.03. The molecule has 0 saturated carbocycles. The van der Waals surface area contributed by atoms with Crippen LogP contribution in [0, 0.1) is 13.8 Å². The van der Waals surface area contributed by atoms with E-state index in [4.69, 9.17) is 9.15 Å². The molecule has 0 aliphatic heterocycles. The minimum atomic E-state index is -0.293. The van der Waals surface area contributed by atoms with Crippen LogP contribution >= 0.6 is 0 Å². The second kappa shape index (κ2) is 7.26. The standard InChI is InChI=1S/C21H21NO3/c1-14-4-7-16(8-5-14)13-17-9-11-20(25-17)21(23)22-18-12-15(2)6-10-19(18)24-3/h4-12H,13H2,1-3H3,(H,22,23). The number of carbonyl (C=O) groups excluding carboxylic acids is 1. The van der Waals surface area contributed by atoms with Crippen molar-refractivity contribution in [1.82, 2.24) is 0 Å². The smallest absolute Gasteiger partial charge is 0.291 e. The summed E-state index contributed by atoms with van der Waals surface area (Å²) in [7, 11) is 1.58. The lowest BCUT2D eigenvalue weighted by Crippen LogP contribution is -2.11. The highest BCUT2D eigenvalue weighted by atomic mass is 16.5. The van der Waals surface area contributed by atoms with E-state index in [0.29, 0.717) is 17.9 Å². The van der Waals surface area contributed by atoms with Crippen molar-refractivity contribution in [3.63, 3.8) is 0 Å². The molecule has 0 atom stereocenters. The van der Waals surface area contributed by atoms with Gasteiger partial charge in [-0.1, -0.05) is 35.9 Å². The highest BCUT2D eigenvalue weighted by Gasteiger charge is 2.14. The van der Waals surface area contributed by atoms with Crippen LogP contribution in [0.1, 0.15) is 33.0 Å². The molecule has 2 aromatic carbocycles. The van der Waals surface area contributed by atoms with Gasteiger partial charge in [-0.05, 0) is 49.2 Å². The molecular formula is C21H21NO3. The Labute approximate surface area is 147 Å². The van der Waals surface area contributed by atoms with E-state index in [0.717, 1.165) is 16.9 Å². The van der Waals surface area contributed by atoms with E-state index in [2.05, 4.69) is 36.5 Å².